The van der Waals surface area contributed by atoms with Gasteiger partial charge in [-0.2, -0.15) is 4.79 Å². The lowest BCUT2D eigenvalue weighted by Gasteiger charge is -2.25. The fourth-order valence-electron chi connectivity index (χ4n) is 2.04. The minimum absolute atomic E-state index is 0.102. The summed E-state index contributed by atoms with van der Waals surface area (Å²) in [7, 11) is 0. The first-order chi connectivity index (χ1) is 11.4. The molecular formula is C14H8Br4N4O2. The Bertz CT molecular complexity index is 798. The van der Waals surface area contributed by atoms with Gasteiger partial charge in [-0.05, 0) is 88.0 Å². The first-order valence-electron chi connectivity index (χ1n) is 6.39. The molecule has 3 rings (SSSR count). The molecule has 0 fully saturated rings. The highest BCUT2D eigenvalue weighted by Crippen LogP contribution is 2.41. The third-order valence-corrected chi connectivity index (χ3v) is 5.52. The highest BCUT2D eigenvalue weighted by Gasteiger charge is 2.18. The maximum Gasteiger partial charge on any atom is 0.144 e. The van der Waals surface area contributed by atoms with E-state index >= 15 is 0 Å². The third kappa shape index (κ3) is 3.32. The number of anilines is 2. The average molecular weight is 584 g/mol. The van der Waals surface area contributed by atoms with Crippen LogP contribution in [0.5, 0.6) is 11.5 Å². The zero-order chi connectivity index (χ0) is 17.4. The van der Waals surface area contributed by atoms with Crippen LogP contribution in [-0.2, 0) is 0 Å². The quantitative estimate of drug-likeness (QED) is 0.436. The summed E-state index contributed by atoms with van der Waals surface area (Å²) in [6.45, 7) is 0. The van der Waals surface area contributed by atoms with Gasteiger partial charge in [-0.25, -0.2) is 9.99 Å². The van der Waals surface area contributed by atoms with Crippen LogP contribution in [0.2, 0.25) is 0 Å². The van der Waals surface area contributed by atoms with Crippen LogP contribution in [0, 0.1) is 0 Å². The van der Waals surface area contributed by atoms with Crippen molar-refractivity contribution in [3.05, 3.63) is 54.8 Å². The summed E-state index contributed by atoms with van der Waals surface area (Å²) in [5.74, 6) is 0.204. The lowest BCUT2D eigenvalue weighted by molar-refractivity contribution is 0.468. The molecule has 0 spiro atoms. The Balaban J connectivity index is 2.23. The van der Waals surface area contributed by atoms with Crippen LogP contribution in [0.1, 0.15) is 0 Å². The molecule has 124 valence electrons. The number of hydrogen-bond donors (Lipinski definition) is 2. The Morgan fingerprint density at radius 3 is 1.54 bits per heavy atom. The fraction of sp³-hybridized carbons (Fsp3) is 0. The number of halogens is 4. The number of nitrogens with zero attached hydrogens (tertiary/aromatic N) is 4. The molecule has 0 unspecified atom stereocenters. The molecule has 2 aromatic carbocycles. The standard InChI is InChI=1S/C14H8Br4N4O2/c15-9-1-7(2-10(16)13(9)23)22(21-6-19-5-20-21)8-3-11(17)14(24)12(18)4-8/h1-6,23-24H. The van der Waals surface area contributed by atoms with Crippen molar-refractivity contribution in [1.82, 2.24) is 14.9 Å². The second-order valence-corrected chi connectivity index (χ2v) is 8.06. The molecule has 0 bridgehead atoms. The van der Waals surface area contributed by atoms with E-state index in [2.05, 4.69) is 73.8 Å². The van der Waals surface area contributed by atoms with Gasteiger partial charge in [0.25, 0.3) is 0 Å². The predicted molar refractivity (Wildman–Crippen MR) is 105 cm³/mol. The van der Waals surface area contributed by atoms with Gasteiger partial charge in [0.2, 0.25) is 0 Å². The van der Waals surface area contributed by atoms with E-state index in [-0.39, 0.29) is 11.5 Å². The SMILES string of the molecule is Oc1c(Br)cc(N(c2cc(Br)c(O)c(Br)c2)n2cncn2)cc1Br. The van der Waals surface area contributed by atoms with Crippen LogP contribution in [0.25, 0.3) is 0 Å². The second-order valence-electron chi connectivity index (χ2n) is 4.64. The number of benzene rings is 2. The summed E-state index contributed by atoms with van der Waals surface area (Å²) in [6, 6.07) is 6.99. The van der Waals surface area contributed by atoms with Crippen molar-refractivity contribution in [3.63, 3.8) is 0 Å². The van der Waals surface area contributed by atoms with Crippen molar-refractivity contribution in [2.75, 3.05) is 5.01 Å². The molecule has 24 heavy (non-hydrogen) atoms. The molecule has 0 amide bonds. The molecule has 0 saturated carbocycles. The number of phenols is 2. The maximum absolute atomic E-state index is 9.94. The molecule has 6 nitrogen and oxygen atoms in total. The van der Waals surface area contributed by atoms with E-state index in [4.69, 9.17) is 0 Å². The summed E-state index contributed by atoms with van der Waals surface area (Å²) < 4.78 is 2.09. The molecule has 0 aliphatic heterocycles. The number of aromatic nitrogens is 3. The van der Waals surface area contributed by atoms with Crippen LogP contribution < -0.4 is 5.01 Å². The monoisotopic (exact) mass is 580 g/mol. The van der Waals surface area contributed by atoms with Gasteiger partial charge in [0.15, 0.2) is 0 Å². The van der Waals surface area contributed by atoms with Crippen molar-refractivity contribution < 1.29 is 10.2 Å². The predicted octanol–water partition coefficient (Wildman–Crippen LogP) is 5.34. The fourth-order valence-corrected chi connectivity index (χ4v) is 4.36. The topological polar surface area (TPSA) is 74.4 Å². The minimum atomic E-state index is 0.102. The largest absolute Gasteiger partial charge is 0.506 e. The van der Waals surface area contributed by atoms with Crippen LogP contribution >= 0.6 is 63.7 Å². The summed E-state index contributed by atoms with van der Waals surface area (Å²) in [4.78, 5) is 5.52. The van der Waals surface area contributed by atoms with Crippen molar-refractivity contribution in [3.8, 4) is 11.5 Å². The van der Waals surface area contributed by atoms with E-state index in [0.29, 0.717) is 29.3 Å². The van der Waals surface area contributed by atoms with E-state index < -0.39 is 0 Å². The molecule has 0 aliphatic rings. The molecule has 1 aromatic heterocycles. The smallest absolute Gasteiger partial charge is 0.144 e. The molecule has 1 heterocycles. The Kier molecular flexibility index (Phi) is 5.19. The first kappa shape index (κ1) is 17.7. The number of aromatic hydroxyl groups is 2. The van der Waals surface area contributed by atoms with Crippen LogP contribution in [0.4, 0.5) is 11.4 Å². The average Bonchev–Trinajstić information content (AvgIpc) is 3.04. The number of phenolic OH excluding ortho intramolecular Hbond substituents is 2. The van der Waals surface area contributed by atoms with Gasteiger partial charge in [-0.1, -0.05) is 0 Å². The van der Waals surface area contributed by atoms with Gasteiger partial charge in [0.1, 0.15) is 24.2 Å². The van der Waals surface area contributed by atoms with Crippen LogP contribution in [0.3, 0.4) is 0 Å². The Hall–Kier alpha value is -1.10. The van der Waals surface area contributed by atoms with E-state index in [1.165, 1.54) is 11.1 Å². The summed E-state index contributed by atoms with van der Waals surface area (Å²) >= 11 is 13.3. The van der Waals surface area contributed by atoms with E-state index in [9.17, 15) is 10.2 Å². The molecule has 2 N–H and O–H groups in total. The van der Waals surface area contributed by atoms with Gasteiger partial charge in [-0.3, -0.25) is 0 Å². The highest BCUT2D eigenvalue weighted by atomic mass is 79.9. The second kappa shape index (κ2) is 7.03. The minimum Gasteiger partial charge on any atom is -0.506 e. The number of hydrogen-bond acceptors (Lipinski definition) is 5. The molecular weight excluding hydrogens is 576 g/mol. The van der Waals surface area contributed by atoms with Crippen LogP contribution in [-0.4, -0.2) is 25.1 Å². The lowest BCUT2D eigenvalue weighted by atomic mass is 10.2. The van der Waals surface area contributed by atoms with E-state index in [0.717, 1.165) is 0 Å². The zero-order valence-corrected chi connectivity index (χ0v) is 18.0. The summed E-state index contributed by atoms with van der Waals surface area (Å²) in [6.07, 6.45) is 2.96. The Labute approximate surface area is 170 Å². The molecule has 0 aliphatic carbocycles. The first-order valence-corrected chi connectivity index (χ1v) is 9.56. The Morgan fingerprint density at radius 2 is 1.21 bits per heavy atom. The summed E-state index contributed by atoms with van der Waals surface area (Å²) in [5.41, 5.74) is 1.42. The molecule has 0 radical (unpaired) electrons. The van der Waals surface area contributed by atoms with E-state index in [1.807, 2.05) is 0 Å². The van der Waals surface area contributed by atoms with Crippen molar-refractivity contribution in [2.24, 2.45) is 0 Å². The van der Waals surface area contributed by atoms with Crippen molar-refractivity contribution >= 4 is 75.1 Å². The van der Waals surface area contributed by atoms with Crippen molar-refractivity contribution in [2.45, 2.75) is 0 Å². The van der Waals surface area contributed by atoms with Crippen LogP contribution in [0.15, 0.2) is 54.8 Å². The van der Waals surface area contributed by atoms with E-state index in [1.54, 1.807) is 35.6 Å². The summed E-state index contributed by atoms with van der Waals surface area (Å²) in [5, 5.41) is 25.8. The lowest BCUT2D eigenvalue weighted by Crippen LogP contribution is -2.25. The molecule has 10 heteroatoms. The molecule has 0 saturated heterocycles. The Morgan fingerprint density at radius 1 is 0.792 bits per heavy atom. The van der Waals surface area contributed by atoms with Gasteiger partial charge >= 0.3 is 0 Å². The molecule has 3 aromatic rings. The van der Waals surface area contributed by atoms with Gasteiger partial charge < -0.3 is 10.2 Å². The highest BCUT2D eigenvalue weighted by molar-refractivity contribution is 9.11. The third-order valence-electron chi connectivity index (χ3n) is 3.10. The zero-order valence-electron chi connectivity index (χ0n) is 11.7. The van der Waals surface area contributed by atoms with Gasteiger partial charge in [-0.15, -0.1) is 5.10 Å². The maximum atomic E-state index is 9.94. The normalized spacial score (nSPS) is 10.8. The van der Waals surface area contributed by atoms with Crippen molar-refractivity contribution in [1.29, 1.82) is 0 Å². The van der Waals surface area contributed by atoms with Gasteiger partial charge in [0.05, 0.1) is 29.3 Å². The molecule has 0 atom stereocenters. The van der Waals surface area contributed by atoms with Gasteiger partial charge in [0, 0.05) is 0 Å². The number of rotatable bonds is 3.